The van der Waals surface area contributed by atoms with Gasteiger partial charge in [0.1, 0.15) is 17.5 Å². The van der Waals surface area contributed by atoms with Gasteiger partial charge in [0.2, 0.25) is 0 Å². The van der Waals surface area contributed by atoms with Crippen molar-refractivity contribution in [3.8, 4) is 22.5 Å². The van der Waals surface area contributed by atoms with Crippen molar-refractivity contribution in [1.29, 1.82) is 0 Å². The maximum atomic E-state index is 13.5. The van der Waals surface area contributed by atoms with E-state index in [1.165, 1.54) is 24.3 Å². The molecule has 0 amide bonds. The standard InChI is InChI=1S/C24H24F2N2O/c1-4-5-21(29)14-15-28-23(18-8-12-20(26)13-9-18)22(27-24(28)16(2)3)17-6-10-19(25)11-7-17/h4,6-16,21,29H,1,5H2,2-3H3/b15-14+. The maximum Gasteiger partial charge on any atom is 0.123 e. The van der Waals surface area contributed by atoms with Gasteiger partial charge in [0, 0.05) is 23.2 Å². The molecule has 0 bridgehead atoms. The van der Waals surface area contributed by atoms with Crippen LogP contribution in [0.15, 0.2) is 67.3 Å². The highest BCUT2D eigenvalue weighted by Gasteiger charge is 2.21. The molecule has 0 aliphatic heterocycles. The Bertz CT molecular complexity index is 1000. The van der Waals surface area contributed by atoms with Gasteiger partial charge < -0.3 is 9.67 Å². The van der Waals surface area contributed by atoms with E-state index in [4.69, 9.17) is 4.98 Å². The van der Waals surface area contributed by atoms with Crippen LogP contribution in [0.2, 0.25) is 0 Å². The minimum Gasteiger partial charge on any atom is -0.389 e. The van der Waals surface area contributed by atoms with Crippen LogP contribution < -0.4 is 0 Å². The van der Waals surface area contributed by atoms with Gasteiger partial charge in [-0.15, -0.1) is 6.58 Å². The monoisotopic (exact) mass is 394 g/mol. The zero-order valence-corrected chi connectivity index (χ0v) is 16.5. The van der Waals surface area contributed by atoms with Crippen molar-refractivity contribution in [2.24, 2.45) is 0 Å². The lowest BCUT2D eigenvalue weighted by molar-refractivity contribution is 0.227. The van der Waals surface area contributed by atoms with Crippen molar-refractivity contribution < 1.29 is 13.9 Å². The van der Waals surface area contributed by atoms with Gasteiger partial charge in [-0.1, -0.05) is 19.9 Å². The average molecular weight is 394 g/mol. The van der Waals surface area contributed by atoms with Gasteiger partial charge in [0.25, 0.3) is 0 Å². The highest BCUT2D eigenvalue weighted by atomic mass is 19.1. The van der Waals surface area contributed by atoms with Crippen LogP contribution in [0.3, 0.4) is 0 Å². The average Bonchev–Trinajstić information content (AvgIpc) is 3.07. The Morgan fingerprint density at radius 2 is 1.55 bits per heavy atom. The van der Waals surface area contributed by atoms with E-state index in [-0.39, 0.29) is 17.6 Å². The topological polar surface area (TPSA) is 38.0 Å². The molecule has 3 rings (SSSR count). The smallest absolute Gasteiger partial charge is 0.123 e. The summed E-state index contributed by atoms with van der Waals surface area (Å²) in [6.07, 6.45) is 4.86. The van der Waals surface area contributed by atoms with E-state index in [1.54, 1.807) is 42.6 Å². The largest absolute Gasteiger partial charge is 0.389 e. The SMILES string of the molecule is C=CCC(O)/C=C/n1c(C(C)C)nc(-c2ccc(F)cc2)c1-c1ccc(F)cc1. The number of benzene rings is 2. The fraction of sp³-hybridized carbons (Fsp3) is 0.208. The van der Waals surface area contributed by atoms with Crippen molar-refractivity contribution in [3.05, 3.63) is 84.7 Å². The molecule has 2 aromatic carbocycles. The molecule has 1 heterocycles. The number of aromatic nitrogens is 2. The second-order valence-electron chi connectivity index (χ2n) is 7.14. The Morgan fingerprint density at radius 3 is 2.07 bits per heavy atom. The number of aliphatic hydroxyl groups excluding tert-OH is 1. The molecule has 0 spiro atoms. The molecule has 0 radical (unpaired) electrons. The van der Waals surface area contributed by atoms with E-state index < -0.39 is 6.10 Å². The van der Waals surface area contributed by atoms with Gasteiger partial charge in [-0.2, -0.15) is 0 Å². The summed E-state index contributed by atoms with van der Waals surface area (Å²) in [5.74, 6) is 0.215. The number of halogens is 2. The molecule has 29 heavy (non-hydrogen) atoms. The Labute approximate surface area is 169 Å². The van der Waals surface area contributed by atoms with Crippen molar-refractivity contribution >= 4 is 6.20 Å². The molecule has 1 N–H and O–H groups in total. The number of aliphatic hydroxyl groups is 1. The van der Waals surface area contributed by atoms with Crippen LogP contribution >= 0.6 is 0 Å². The molecular weight excluding hydrogens is 370 g/mol. The molecule has 0 saturated heterocycles. The summed E-state index contributed by atoms with van der Waals surface area (Å²) in [7, 11) is 0. The lowest BCUT2D eigenvalue weighted by atomic mass is 10.0. The van der Waals surface area contributed by atoms with Gasteiger partial charge in [-0.05, 0) is 61.0 Å². The van der Waals surface area contributed by atoms with Crippen LogP contribution in [0, 0.1) is 11.6 Å². The summed E-state index contributed by atoms with van der Waals surface area (Å²) in [6, 6.07) is 12.3. The van der Waals surface area contributed by atoms with Crippen LogP contribution in [0.5, 0.6) is 0 Å². The number of rotatable bonds is 7. The lowest BCUT2D eigenvalue weighted by Crippen LogP contribution is -2.04. The van der Waals surface area contributed by atoms with Crippen molar-refractivity contribution in [2.75, 3.05) is 0 Å². The van der Waals surface area contributed by atoms with Gasteiger partial charge in [-0.3, -0.25) is 0 Å². The van der Waals surface area contributed by atoms with E-state index in [0.717, 1.165) is 22.6 Å². The fourth-order valence-electron chi connectivity index (χ4n) is 3.14. The first-order valence-electron chi connectivity index (χ1n) is 9.52. The molecule has 1 aromatic heterocycles. The summed E-state index contributed by atoms with van der Waals surface area (Å²) in [5.41, 5.74) is 2.95. The molecule has 3 nitrogen and oxygen atoms in total. The van der Waals surface area contributed by atoms with Gasteiger partial charge >= 0.3 is 0 Å². The van der Waals surface area contributed by atoms with E-state index in [2.05, 4.69) is 6.58 Å². The predicted octanol–water partition coefficient (Wildman–Crippen LogP) is 6.03. The van der Waals surface area contributed by atoms with E-state index in [9.17, 15) is 13.9 Å². The van der Waals surface area contributed by atoms with Gasteiger partial charge in [0.15, 0.2) is 0 Å². The normalized spacial score (nSPS) is 12.6. The molecule has 0 saturated carbocycles. The molecule has 1 unspecified atom stereocenters. The first-order chi connectivity index (χ1) is 13.9. The number of hydrogen-bond donors (Lipinski definition) is 1. The molecule has 1 atom stereocenters. The minimum absolute atomic E-state index is 0.0876. The van der Waals surface area contributed by atoms with Crippen LogP contribution in [0.1, 0.15) is 32.0 Å². The van der Waals surface area contributed by atoms with Gasteiger partial charge in [-0.25, -0.2) is 13.8 Å². The number of hydrogen-bond acceptors (Lipinski definition) is 2. The highest BCUT2D eigenvalue weighted by Crippen LogP contribution is 2.35. The lowest BCUT2D eigenvalue weighted by Gasteiger charge is -2.12. The molecular formula is C24H24F2N2O. The van der Waals surface area contributed by atoms with Crippen molar-refractivity contribution in [1.82, 2.24) is 9.55 Å². The van der Waals surface area contributed by atoms with Crippen LogP contribution in [0.4, 0.5) is 8.78 Å². The summed E-state index contributed by atoms with van der Waals surface area (Å²) in [5, 5.41) is 10.1. The molecule has 0 aliphatic carbocycles. The third kappa shape index (κ3) is 4.69. The zero-order valence-electron chi connectivity index (χ0n) is 16.5. The summed E-state index contributed by atoms with van der Waals surface area (Å²) >= 11 is 0. The molecule has 150 valence electrons. The Hall–Kier alpha value is -3.05. The first-order valence-corrected chi connectivity index (χ1v) is 9.52. The van der Waals surface area contributed by atoms with Crippen LogP contribution in [-0.4, -0.2) is 20.8 Å². The Morgan fingerprint density at radius 1 is 1.00 bits per heavy atom. The summed E-state index contributed by atoms with van der Waals surface area (Å²) in [6.45, 7) is 7.69. The van der Waals surface area contributed by atoms with E-state index >= 15 is 0 Å². The number of nitrogens with zero attached hydrogens (tertiary/aromatic N) is 2. The third-order valence-corrected chi connectivity index (χ3v) is 4.56. The van der Waals surface area contributed by atoms with Gasteiger partial charge in [0.05, 0.1) is 17.5 Å². The molecule has 0 fully saturated rings. The number of imidazole rings is 1. The Kier molecular flexibility index (Phi) is 6.39. The van der Waals surface area contributed by atoms with E-state index in [0.29, 0.717) is 12.1 Å². The summed E-state index contributed by atoms with van der Waals surface area (Å²) < 4.78 is 28.9. The molecule has 0 aliphatic rings. The van der Waals surface area contributed by atoms with Crippen molar-refractivity contribution in [3.63, 3.8) is 0 Å². The fourth-order valence-corrected chi connectivity index (χ4v) is 3.14. The summed E-state index contributed by atoms with van der Waals surface area (Å²) in [4.78, 5) is 4.83. The quantitative estimate of drug-likeness (QED) is 0.497. The third-order valence-electron chi connectivity index (χ3n) is 4.56. The second kappa shape index (κ2) is 8.97. The highest BCUT2D eigenvalue weighted by molar-refractivity contribution is 5.80. The second-order valence-corrected chi connectivity index (χ2v) is 7.14. The minimum atomic E-state index is -0.676. The van der Waals surface area contributed by atoms with Crippen molar-refractivity contribution in [2.45, 2.75) is 32.3 Å². The van der Waals surface area contributed by atoms with Crippen LogP contribution in [-0.2, 0) is 0 Å². The first kappa shape index (κ1) is 20.7. The maximum absolute atomic E-state index is 13.5. The Balaban J connectivity index is 2.24. The molecule has 3 aromatic rings. The van der Waals surface area contributed by atoms with E-state index in [1.807, 2.05) is 18.4 Å². The zero-order chi connectivity index (χ0) is 21.0. The predicted molar refractivity (Wildman–Crippen MR) is 113 cm³/mol. The van der Waals surface area contributed by atoms with Crippen LogP contribution in [0.25, 0.3) is 28.7 Å². The molecule has 5 heteroatoms.